The second kappa shape index (κ2) is 6.72. The van der Waals surface area contributed by atoms with Crippen molar-refractivity contribution in [2.45, 2.75) is 38.8 Å². The van der Waals surface area contributed by atoms with Crippen molar-refractivity contribution >= 4 is 29.4 Å². The molecule has 0 bridgehead atoms. The predicted molar refractivity (Wildman–Crippen MR) is 123 cm³/mol. The Bertz CT molecular complexity index is 1120. The highest BCUT2D eigenvalue weighted by atomic mass is 28.2. The van der Waals surface area contributed by atoms with Gasteiger partial charge in [0.25, 0.3) is 0 Å². The van der Waals surface area contributed by atoms with Crippen LogP contribution in [0.15, 0.2) is 60.7 Å². The fraction of sp³-hybridized carbons (Fsp3) is 0.231. The second-order valence-electron chi connectivity index (χ2n) is 8.38. The molecule has 3 aromatic rings. The van der Waals surface area contributed by atoms with Crippen LogP contribution < -0.4 is 10.4 Å². The Morgan fingerprint density at radius 1 is 0.500 bits per heavy atom. The number of rotatable bonds is 4. The van der Waals surface area contributed by atoms with Gasteiger partial charge in [-0.1, -0.05) is 87.3 Å². The molecule has 0 N–H and O–H groups in total. The quantitative estimate of drug-likeness (QED) is 0.547. The lowest BCUT2D eigenvalue weighted by atomic mass is 10.0. The number of benzene rings is 3. The minimum absolute atomic E-state index is 0.680. The Morgan fingerprint density at radius 2 is 0.857 bits per heavy atom. The van der Waals surface area contributed by atoms with E-state index in [1.54, 1.807) is 10.4 Å². The van der Waals surface area contributed by atoms with Gasteiger partial charge in [-0.25, -0.2) is 0 Å². The minimum Gasteiger partial charge on any atom is -0.0653 e. The maximum atomic E-state index is 2.51. The molecule has 0 spiro atoms. The van der Waals surface area contributed by atoms with Gasteiger partial charge in [-0.15, -0.1) is 0 Å². The molecule has 3 aromatic carbocycles. The van der Waals surface area contributed by atoms with E-state index in [0.717, 1.165) is 19.0 Å². The van der Waals surface area contributed by atoms with Crippen LogP contribution in [0, 0.1) is 0 Å². The van der Waals surface area contributed by atoms with Crippen LogP contribution in [0.4, 0.5) is 0 Å². The van der Waals surface area contributed by atoms with Gasteiger partial charge < -0.3 is 0 Å². The van der Waals surface area contributed by atoms with Crippen molar-refractivity contribution in [3.05, 3.63) is 82.2 Å². The Morgan fingerprint density at radius 3 is 1.21 bits per heavy atom. The zero-order chi connectivity index (χ0) is 19.4. The van der Waals surface area contributed by atoms with Crippen molar-refractivity contribution in [3.63, 3.8) is 0 Å². The number of hydrogen-bond donors (Lipinski definition) is 0. The molecule has 0 fully saturated rings. The smallest absolute Gasteiger partial charge is 0.0653 e. The molecule has 0 aromatic heterocycles. The van der Waals surface area contributed by atoms with Gasteiger partial charge in [0.1, 0.15) is 0 Å². The van der Waals surface area contributed by atoms with E-state index < -0.39 is 0 Å². The van der Waals surface area contributed by atoms with Crippen molar-refractivity contribution in [1.82, 2.24) is 0 Å². The van der Waals surface area contributed by atoms with Crippen LogP contribution in [0.1, 0.15) is 38.8 Å². The third-order valence-corrected chi connectivity index (χ3v) is 8.34. The monoisotopic (exact) mass is 392 g/mol. The third-order valence-electron chi connectivity index (χ3n) is 5.54. The molecule has 28 heavy (non-hydrogen) atoms. The first-order valence-corrected chi connectivity index (χ1v) is 12.4. The zero-order valence-corrected chi connectivity index (χ0v) is 18.9. The maximum Gasteiger partial charge on any atom is 0.0854 e. The Labute approximate surface area is 172 Å². The van der Waals surface area contributed by atoms with E-state index >= 15 is 0 Å². The van der Waals surface area contributed by atoms with Crippen LogP contribution in [-0.4, -0.2) is 19.0 Å². The van der Waals surface area contributed by atoms with E-state index in [-0.39, 0.29) is 0 Å². The molecule has 5 rings (SSSR count). The van der Waals surface area contributed by atoms with Crippen LogP contribution in [-0.2, 0) is 0 Å². The van der Waals surface area contributed by atoms with Gasteiger partial charge in [0.2, 0.25) is 0 Å². The molecule has 0 aliphatic heterocycles. The maximum absolute atomic E-state index is 2.51. The summed E-state index contributed by atoms with van der Waals surface area (Å²) in [6.45, 7) is 9.35. The van der Waals surface area contributed by atoms with E-state index in [9.17, 15) is 0 Å². The molecule has 0 atom stereocenters. The van der Waals surface area contributed by atoms with Gasteiger partial charge in [0, 0.05) is 0 Å². The van der Waals surface area contributed by atoms with Gasteiger partial charge in [0.05, 0.1) is 19.0 Å². The van der Waals surface area contributed by atoms with Crippen LogP contribution in [0.2, 0.25) is 11.1 Å². The Balaban J connectivity index is 1.87. The molecule has 0 unspecified atom stereocenters. The summed E-state index contributed by atoms with van der Waals surface area (Å²) in [4.78, 5) is 0. The number of fused-ring (bicyclic) bond motifs is 6. The lowest BCUT2D eigenvalue weighted by Gasteiger charge is -2.08. The van der Waals surface area contributed by atoms with Crippen LogP contribution in [0.25, 0.3) is 32.6 Å². The van der Waals surface area contributed by atoms with Crippen LogP contribution in [0.5, 0.6) is 0 Å². The molecule has 4 radical (unpaired) electrons. The lowest BCUT2D eigenvalue weighted by Crippen LogP contribution is -2.18. The SMILES string of the molecule is CC(C)[Si]C1=c2cc3c(cc2-c2ccccc21)=C([Si]C(C)C)c1ccccc1-3. The van der Waals surface area contributed by atoms with Gasteiger partial charge in [-0.05, 0) is 66.3 Å². The summed E-state index contributed by atoms with van der Waals surface area (Å²) in [7, 11) is 1.69. The molecule has 136 valence electrons. The van der Waals surface area contributed by atoms with E-state index in [1.165, 1.54) is 43.8 Å². The van der Waals surface area contributed by atoms with Crippen LogP contribution >= 0.6 is 0 Å². The van der Waals surface area contributed by atoms with E-state index in [1.807, 2.05) is 0 Å². The third kappa shape index (κ3) is 2.70. The normalized spacial score (nSPS) is 13.8. The summed E-state index contributed by atoms with van der Waals surface area (Å²) in [6.07, 6.45) is 0. The van der Waals surface area contributed by atoms with Gasteiger partial charge >= 0.3 is 0 Å². The molecule has 2 heteroatoms. The van der Waals surface area contributed by atoms with E-state index in [2.05, 4.69) is 88.4 Å². The van der Waals surface area contributed by atoms with Crippen molar-refractivity contribution < 1.29 is 0 Å². The fourth-order valence-electron chi connectivity index (χ4n) is 4.51. The predicted octanol–water partition coefficient (Wildman–Crippen LogP) is 5.03. The summed E-state index contributed by atoms with van der Waals surface area (Å²) in [5, 5.41) is 6.05. The van der Waals surface area contributed by atoms with E-state index in [4.69, 9.17) is 0 Å². The van der Waals surface area contributed by atoms with Crippen molar-refractivity contribution in [2.24, 2.45) is 0 Å². The first-order valence-electron chi connectivity index (χ1n) is 10.2. The molecule has 2 aliphatic rings. The Kier molecular flexibility index (Phi) is 4.29. The first kappa shape index (κ1) is 17.9. The minimum atomic E-state index is 0.680. The first-order chi connectivity index (χ1) is 13.5. The summed E-state index contributed by atoms with van der Waals surface area (Å²) in [5.41, 5.74) is 9.99. The van der Waals surface area contributed by atoms with E-state index in [0.29, 0.717) is 11.1 Å². The highest BCUT2D eigenvalue weighted by Crippen LogP contribution is 2.36. The highest BCUT2D eigenvalue weighted by molar-refractivity contribution is 6.63. The Hall–Kier alpha value is -2.17. The second-order valence-corrected chi connectivity index (χ2v) is 12.3. The highest BCUT2D eigenvalue weighted by Gasteiger charge is 2.25. The van der Waals surface area contributed by atoms with Crippen molar-refractivity contribution in [3.8, 4) is 22.3 Å². The number of hydrogen-bond acceptors (Lipinski definition) is 0. The van der Waals surface area contributed by atoms with Crippen molar-refractivity contribution in [2.75, 3.05) is 0 Å². The summed E-state index contributed by atoms with van der Waals surface area (Å²) < 4.78 is 0. The average Bonchev–Trinajstić information content (AvgIpc) is 3.14. The van der Waals surface area contributed by atoms with Crippen LogP contribution in [0.3, 0.4) is 0 Å². The topological polar surface area (TPSA) is 0 Å². The molecule has 0 heterocycles. The summed E-state index contributed by atoms with van der Waals surface area (Å²) >= 11 is 0. The molecule has 0 nitrogen and oxygen atoms in total. The van der Waals surface area contributed by atoms with Crippen molar-refractivity contribution in [1.29, 1.82) is 0 Å². The molecule has 0 saturated carbocycles. The van der Waals surface area contributed by atoms with Gasteiger partial charge in [-0.2, -0.15) is 0 Å². The average molecular weight is 393 g/mol. The summed E-state index contributed by atoms with van der Waals surface area (Å²) in [6, 6.07) is 23.0. The van der Waals surface area contributed by atoms with Gasteiger partial charge in [0.15, 0.2) is 0 Å². The molecular formula is C26H24Si2. The largest absolute Gasteiger partial charge is 0.0854 e. The molecular weight excluding hydrogens is 368 g/mol. The standard InChI is InChI=1S/C26H24Si2/c1-15(2)27-25-19-11-7-5-9-17(19)21-14-24-22(13-23(21)25)18-10-6-8-12-20(18)26(24)28-16(3)4/h5-16H,1-4H3. The molecule has 0 amide bonds. The molecule has 2 aliphatic carbocycles. The lowest BCUT2D eigenvalue weighted by molar-refractivity contribution is 1.07. The van der Waals surface area contributed by atoms with Gasteiger partial charge in [-0.3, -0.25) is 0 Å². The fourth-order valence-corrected chi connectivity index (χ4v) is 7.14. The zero-order valence-electron chi connectivity index (χ0n) is 16.9. The molecule has 0 saturated heterocycles. The summed E-state index contributed by atoms with van der Waals surface area (Å²) in [5.74, 6) is 0.